The molecule has 2 aromatic rings. The standard InChI is InChI=1S/C18H24N4O2S2/c1-4-6-7-10-26-18-20-17-19-12(3)14(16(23)24-5-2)15(22(17)21-18)13-9-8-11-25-13/h8-9,11,15H,4-7,10H2,1-3H3,(H,19,20,21)/t15-/m1/s1. The van der Waals surface area contributed by atoms with Crippen LogP contribution in [0.5, 0.6) is 0 Å². The Morgan fingerprint density at radius 3 is 2.96 bits per heavy atom. The van der Waals surface area contributed by atoms with E-state index in [-0.39, 0.29) is 12.0 Å². The van der Waals surface area contributed by atoms with Crippen LogP contribution in [0.3, 0.4) is 0 Å². The van der Waals surface area contributed by atoms with Gasteiger partial charge >= 0.3 is 5.97 Å². The molecule has 0 aliphatic carbocycles. The Balaban J connectivity index is 1.92. The smallest absolute Gasteiger partial charge is 0.338 e. The number of nitrogens with zero attached hydrogens (tertiary/aromatic N) is 3. The summed E-state index contributed by atoms with van der Waals surface area (Å²) in [5.41, 5.74) is 1.36. The van der Waals surface area contributed by atoms with Crippen molar-refractivity contribution in [3.8, 4) is 0 Å². The molecule has 0 saturated heterocycles. The summed E-state index contributed by atoms with van der Waals surface area (Å²) in [5.74, 6) is 1.36. The normalized spacial score (nSPS) is 16.3. The van der Waals surface area contributed by atoms with Crippen LogP contribution in [0.2, 0.25) is 0 Å². The number of rotatable bonds is 8. The number of ether oxygens (including phenoxy) is 1. The van der Waals surface area contributed by atoms with Gasteiger partial charge in [0, 0.05) is 16.3 Å². The maximum absolute atomic E-state index is 12.6. The molecule has 26 heavy (non-hydrogen) atoms. The molecule has 8 heteroatoms. The van der Waals surface area contributed by atoms with Gasteiger partial charge in [0.1, 0.15) is 6.04 Å². The third kappa shape index (κ3) is 3.96. The zero-order chi connectivity index (χ0) is 18.5. The van der Waals surface area contributed by atoms with Crippen molar-refractivity contribution in [3.05, 3.63) is 33.7 Å². The molecule has 1 N–H and O–H groups in total. The van der Waals surface area contributed by atoms with Gasteiger partial charge in [-0.3, -0.25) is 0 Å². The lowest BCUT2D eigenvalue weighted by Gasteiger charge is -2.26. The summed E-state index contributed by atoms with van der Waals surface area (Å²) in [7, 11) is 0. The van der Waals surface area contributed by atoms with Gasteiger partial charge in [0.05, 0.1) is 12.2 Å². The Morgan fingerprint density at radius 2 is 2.27 bits per heavy atom. The van der Waals surface area contributed by atoms with E-state index in [0.29, 0.717) is 18.1 Å². The van der Waals surface area contributed by atoms with Gasteiger partial charge in [0.25, 0.3) is 0 Å². The first kappa shape index (κ1) is 19.0. The largest absolute Gasteiger partial charge is 0.463 e. The number of allylic oxidation sites excluding steroid dienone is 1. The number of unbranched alkanes of at least 4 members (excludes halogenated alkanes) is 2. The summed E-state index contributed by atoms with van der Waals surface area (Å²) < 4.78 is 7.11. The molecule has 0 spiro atoms. The van der Waals surface area contributed by atoms with Crippen molar-refractivity contribution in [1.82, 2.24) is 14.8 Å². The molecule has 1 atom stereocenters. The molecule has 3 heterocycles. The fourth-order valence-corrected chi connectivity index (χ4v) is 4.54. The van der Waals surface area contributed by atoms with Crippen molar-refractivity contribution in [3.63, 3.8) is 0 Å². The molecule has 0 fully saturated rings. The summed E-state index contributed by atoms with van der Waals surface area (Å²) in [4.78, 5) is 18.3. The van der Waals surface area contributed by atoms with E-state index in [9.17, 15) is 4.79 Å². The minimum absolute atomic E-state index is 0.303. The highest BCUT2D eigenvalue weighted by Crippen LogP contribution is 2.38. The van der Waals surface area contributed by atoms with Crippen LogP contribution in [0.15, 0.2) is 33.9 Å². The SMILES string of the molecule is CCCCCSc1nc2n(n1)[C@H](c1cccs1)C(C(=O)OCC)=C(C)N2. The van der Waals surface area contributed by atoms with E-state index >= 15 is 0 Å². The van der Waals surface area contributed by atoms with Crippen LogP contribution in [0.4, 0.5) is 5.95 Å². The number of fused-ring (bicyclic) bond motifs is 1. The first-order valence-electron chi connectivity index (χ1n) is 8.93. The second-order valence-corrected chi connectivity index (χ2v) is 8.06. The van der Waals surface area contributed by atoms with Gasteiger partial charge in [-0.15, -0.1) is 16.4 Å². The maximum Gasteiger partial charge on any atom is 0.338 e. The lowest BCUT2D eigenvalue weighted by atomic mass is 10.0. The summed E-state index contributed by atoms with van der Waals surface area (Å²) in [6, 6.07) is 3.70. The highest BCUT2D eigenvalue weighted by molar-refractivity contribution is 7.99. The molecule has 3 rings (SSSR count). The minimum atomic E-state index is -0.311. The highest BCUT2D eigenvalue weighted by Gasteiger charge is 2.35. The van der Waals surface area contributed by atoms with Crippen molar-refractivity contribution in [2.75, 3.05) is 17.7 Å². The summed E-state index contributed by atoms with van der Waals surface area (Å²) >= 11 is 3.26. The molecule has 0 bridgehead atoms. The van der Waals surface area contributed by atoms with E-state index in [1.807, 2.05) is 36.0 Å². The van der Waals surface area contributed by atoms with E-state index < -0.39 is 0 Å². The molecule has 1 aliphatic rings. The molecule has 1 aliphatic heterocycles. The monoisotopic (exact) mass is 392 g/mol. The molecule has 0 aromatic carbocycles. The van der Waals surface area contributed by atoms with Gasteiger partial charge in [0.15, 0.2) is 0 Å². The molecule has 0 amide bonds. The van der Waals surface area contributed by atoms with E-state index in [0.717, 1.165) is 27.9 Å². The van der Waals surface area contributed by atoms with Gasteiger partial charge in [-0.05, 0) is 31.7 Å². The zero-order valence-corrected chi connectivity index (χ0v) is 17.0. The average molecular weight is 393 g/mol. The Kier molecular flexibility index (Phi) is 6.37. The highest BCUT2D eigenvalue weighted by atomic mass is 32.2. The van der Waals surface area contributed by atoms with Crippen LogP contribution in [0, 0.1) is 0 Å². The van der Waals surface area contributed by atoms with Crippen molar-refractivity contribution in [2.45, 2.75) is 51.2 Å². The number of nitrogens with one attached hydrogen (secondary N) is 1. The number of hydrogen-bond acceptors (Lipinski definition) is 7. The molecule has 2 aromatic heterocycles. The van der Waals surface area contributed by atoms with Crippen molar-refractivity contribution in [2.24, 2.45) is 0 Å². The summed E-state index contributed by atoms with van der Waals surface area (Å²) in [6.07, 6.45) is 3.56. The zero-order valence-electron chi connectivity index (χ0n) is 15.3. The van der Waals surface area contributed by atoms with Crippen LogP contribution in [-0.4, -0.2) is 33.1 Å². The third-order valence-electron chi connectivity index (χ3n) is 4.12. The van der Waals surface area contributed by atoms with Gasteiger partial charge in [-0.2, -0.15) is 4.98 Å². The number of thioether (sulfide) groups is 1. The van der Waals surface area contributed by atoms with Crippen molar-refractivity contribution < 1.29 is 9.53 Å². The topological polar surface area (TPSA) is 69.0 Å². The molecular weight excluding hydrogens is 368 g/mol. The Hall–Kier alpha value is -1.80. The molecule has 0 unspecified atom stereocenters. The van der Waals surface area contributed by atoms with Gasteiger partial charge < -0.3 is 10.1 Å². The molecule has 0 radical (unpaired) electrons. The number of hydrogen-bond donors (Lipinski definition) is 1. The van der Waals surface area contributed by atoms with Crippen LogP contribution in [-0.2, 0) is 9.53 Å². The fraction of sp³-hybridized carbons (Fsp3) is 0.500. The van der Waals surface area contributed by atoms with Crippen LogP contribution in [0.1, 0.15) is 51.0 Å². The van der Waals surface area contributed by atoms with E-state index in [1.54, 1.807) is 23.1 Å². The number of carbonyl (C=O) groups excluding carboxylic acids is 1. The van der Waals surface area contributed by atoms with E-state index in [2.05, 4.69) is 22.3 Å². The van der Waals surface area contributed by atoms with Crippen LogP contribution < -0.4 is 5.32 Å². The van der Waals surface area contributed by atoms with Crippen molar-refractivity contribution >= 4 is 35.0 Å². The molecule has 140 valence electrons. The number of aromatic nitrogens is 3. The van der Waals surface area contributed by atoms with Gasteiger partial charge in [-0.1, -0.05) is 37.6 Å². The lowest BCUT2D eigenvalue weighted by molar-refractivity contribution is -0.139. The maximum atomic E-state index is 12.6. The number of thiophene rings is 1. The molecular formula is C18H24N4O2S2. The second-order valence-electron chi connectivity index (χ2n) is 6.02. The average Bonchev–Trinajstić information content (AvgIpc) is 3.27. The third-order valence-corrected chi connectivity index (χ3v) is 5.97. The predicted molar refractivity (Wildman–Crippen MR) is 106 cm³/mol. The summed E-state index contributed by atoms with van der Waals surface area (Å²) in [5, 5.41) is 10.7. The predicted octanol–water partition coefficient (Wildman–Crippen LogP) is 4.47. The molecule has 6 nitrogen and oxygen atoms in total. The number of carbonyl (C=O) groups is 1. The van der Waals surface area contributed by atoms with E-state index in [4.69, 9.17) is 4.74 Å². The second kappa shape index (κ2) is 8.73. The van der Waals surface area contributed by atoms with Gasteiger partial charge in [-0.25, -0.2) is 9.48 Å². The fourth-order valence-electron chi connectivity index (χ4n) is 2.89. The lowest BCUT2D eigenvalue weighted by Crippen LogP contribution is -2.29. The van der Waals surface area contributed by atoms with Crippen molar-refractivity contribution in [1.29, 1.82) is 0 Å². The Morgan fingerprint density at radius 1 is 1.42 bits per heavy atom. The first-order valence-corrected chi connectivity index (χ1v) is 10.8. The molecule has 0 saturated carbocycles. The summed E-state index contributed by atoms with van der Waals surface area (Å²) in [6.45, 7) is 6.24. The first-order chi connectivity index (χ1) is 12.7. The van der Waals surface area contributed by atoms with Crippen LogP contribution in [0.25, 0.3) is 0 Å². The van der Waals surface area contributed by atoms with Crippen LogP contribution >= 0.6 is 23.1 Å². The Labute approximate surface area is 162 Å². The van der Waals surface area contributed by atoms with E-state index in [1.165, 1.54) is 12.8 Å². The van der Waals surface area contributed by atoms with Gasteiger partial charge in [0.2, 0.25) is 11.1 Å². The number of anilines is 1. The number of esters is 1. The quantitative estimate of drug-likeness (QED) is 0.406. The minimum Gasteiger partial charge on any atom is -0.463 e. The Bertz CT molecular complexity index is 783.